The lowest BCUT2D eigenvalue weighted by Crippen LogP contribution is -2.27. The van der Waals surface area contributed by atoms with E-state index in [0.717, 1.165) is 5.69 Å². The van der Waals surface area contributed by atoms with Crippen molar-refractivity contribution in [2.75, 3.05) is 19.0 Å². The third-order valence-corrected chi connectivity index (χ3v) is 3.89. The first-order chi connectivity index (χ1) is 10.4. The predicted molar refractivity (Wildman–Crippen MR) is 92.6 cm³/mol. The Labute approximate surface area is 133 Å². The number of carbonyl (C=O) groups is 1. The van der Waals surface area contributed by atoms with E-state index in [1.165, 1.54) is 16.7 Å². The van der Waals surface area contributed by atoms with E-state index in [-0.39, 0.29) is 11.9 Å². The zero-order valence-electron chi connectivity index (χ0n) is 14.0. The van der Waals surface area contributed by atoms with Gasteiger partial charge in [0.1, 0.15) is 0 Å². The molecule has 1 atom stereocenters. The van der Waals surface area contributed by atoms with E-state index < -0.39 is 0 Å². The van der Waals surface area contributed by atoms with Crippen LogP contribution in [-0.4, -0.2) is 20.0 Å². The molecular weight excluding hydrogens is 272 g/mol. The summed E-state index contributed by atoms with van der Waals surface area (Å²) < 4.78 is 0. The minimum absolute atomic E-state index is 0.0130. The van der Waals surface area contributed by atoms with Crippen LogP contribution in [0, 0.1) is 13.8 Å². The van der Waals surface area contributed by atoms with E-state index in [0.29, 0.717) is 5.56 Å². The fraction of sp³-hybridized carbons (Fsp3) is 0.316. The summed E-state index contributed by atoms with van der Waals surface area (Å²) in [5, 5.41) is 3.08. The van der Waals surface area contributed by atoms with Gasteiger partial charge in [-0.3, -0.25) is 4.79 Å². The highest BCUT2D eigenvalue weighted by atomic mass is 16.1. The molecule has 0 fully saturated rings. The number of nitrogens with one attached hydrogen (secondary N) is 1. The molecule has 0 saturated heterocycles. The average Bonchev–Trinajstić information content (AvgIpc) is 2.49. The van der Waals surface area contributed by atoms with Crippen LogP contribution in [0.3, 0.4) is 0 Å². The van der Waals surface area contributed by atoms with Crippen LogP contribution in [0.15, 0.2) is 42.5 Å². The van der Waals surface area contributed by atoms with Crippen molar-refractivity contribution in [1.29, 1.82) is 0 Å². The zero-order chi connectivity index (χ0) is 16.3. The smallest absolute Gasteiger partial charge is 0.251 e. The number of hydrogen-bond acceptors (Lipinski definition) is 2. The summed E-state index contributed by atoms with van der Waals surface area (Å²) in [5.41, 5.74) is 5.33. The van der Waals surface area contributed by atoms with E-state index in [1.54, 1.807) is 0 Å². The first kappa shape index (κ1) is 16.1. The Morgan fingerprint density at radius 3 is 2.27 bits per heavy atom. The van der Waals surface area contributed by atoms with E-state index in [9.17, 15) is 4.79 Å². The first-order valence-corrected chi connectivity index (χ1v) is 7.54. The van der Waals surface area contributed by atoms with Gasteiger partial charge in [0, 0.05) is 25.3 Å². The summed E-state index contributed by atoms with van der Waals surface area (Å²) in [7, 11) is 3.97. The lowest BCUT2D eigenvalue weighted by Gasteiger charge is -2.18. The summed E-state index contributed by atoms with van der Waals surface area (Å²) in [6.45, 7) is 6.16. The Hall–Kier alpha value is -2.29. The number of aryl methyl sites for hydroxylation is 2. The quantitative estimate of drug-likeness (QED) is 0.929. The number of benzene rings is 2. The maximum atomic E-state index is 12.4. The molecule has 2 rings (SSSR count). The van der Waals surface area contributed by atoms with Crippen molar-refractivity contribution in [3.8, 4) is 0 Å². The van der Waals surface area contributed by atoms with Crippen molar-refractivity contribution in [2.24, 2.45) is 0 Å². The minimum Gasteiger partial charge on any atom is -0.378 e. The minimum atomic E-state index is -0.0429. The number of carbonyl (C=O) groups excluding carboxylic acids is 1. The number of rotatable bonds is 4. The normalized spacial score (nSPS) is 11.9. The van der Waals surface area contributed by atoms with Gasteiger partial charge in [0.05, 0.1) is 6.04 Å². The Kier molecular flexibility index (Phi) is 4.86. The molecule has 3 nitrogen and oxygen atoms in total. The largest absolute Gasteiger partial charge is 0.378 e. The summed E-state index contributed by atoms with van der Waals surface area (Å²) in [6.07, 6.45) is 0. The Morgan fingerprint density at radius 1 is 1.05 bits per heavy atom. The second-order valence-corrected chi connectivity index (χ2v) is 6.00. The predicted octanol–water partition coefficient (Wildman–Crippen LogP) is 3.86. The Morgan fingerprint density at radius 2 is 1.68 bits per heavy atom. The molecule has 3 heteroatoms. The molecule has 0 aliphatic rings. The van der Waals surface area contributed by atoms with Crippen LogP contribution < -0.4 is 10.2 Å². The van der Waals surface area contributed by atoms with Crippen LogP contribution >= 0.6 is 0 Å². The van der Waals surface area contributed by atoms with Gasteiger partial charge in [-0.25, -0.2) is 0 Å². The fourth-order valence-electron chi connectivity index (χ4n) is 2.50. The van der Waals surface area contributed by atoms with Crippen molar-refractivity contribution in [3.05, 3.63) is 64.7 Å². The van der Waals surface area contributed by atoms with Crippen LogP contribution in [0.5, 0.6) is 0 Å². The molecule has 0 saturated carbocycles. The molecule has 1 N–H and O–H groups in total. The van der Waals surface area contributed by atoms with Crippen LogP contribution in [-0.2, 0) is 0 Å². The SMILES string of the molecule is Cc1ccc(C)c(C(C)NC(=O)c2ccc(N(C)C)cc2)c1. The fourth-order valence-corrected chi connectivity index (χ4v) is 2.50. The number of anilines is 1. The number of nitrogens with zero attached hydrogens (tertiary/aromatic N) is 1. The zero-order valence-corrected chi connectivity index (χ0v) is 14.0. The lowest BCUT2D eigenvalue weighted by atomic mass is 9.99. The van der Waals surface area contributed by atoms with Crippen LogP contribution in [0.25, 0.3) is 0 Å². The first-order valence-electron chi connectivity index (χ1n) is 7.54. The maximum absolute atomic E-state index is 12.4. The van der Waals surface area contributed by atoms with Crippen LogP contribution in [0.2, 0.25) is 0 Å². The van der Waals surface area contributed by atoms with E-state index >= 15 is 0 Å². The molecule has 1 amide bonds. The summed E-state index contributed by atoms with van der Waals surface area (Å²) in [4.78, 5) is 14.4. The van der Waals surface area contributed by atoms with Gasteiger partial charge in [-0.05, 0) is 56.2 Å². The molecule has 0 aliphatic heterocycles. The molecule has 0 spiro atoms. The molecule has 0 heterocycles. The van der Waals surface area contributed by atoms with Gasteiger partial charge in [0.15, 0.2) is 0 Å². The van der Waals surface area contributed by atoms with Gasteiger partial charge >= 0.3 is 0 Å². The molecule has 0 radical (unpaired) electrons. The van der Waals surface area contributed by atoms with Gasteiger partial charge in [-0.15, -0.1) is 0 Å². The number of hydrogen-bond donors (Lipinski definition) is 1. The highest BCUT2D eigenvalue weighted by Crippen LogP contribution is 2.20. The van der Waals surface area contributed by atoms with Crippen molar-refractivity contribution in [3.63, 3.8) is 0 Å². The van der Waals surface area contributed by atoms with E-state index in [2.05, 4.69) is 37.4 Å². The van der Waals surface area contributed by atoms with Gasteiger partial charge in [-0.1, -0.05) is 23.8 Å². The molecular formula is C19H24N2O. The van der Waals surface area contributed by atoms with E-state index in [1.807, 2.05) is 50.2 Å². The average molecular weight is 296 g/mol. The van der Waals surface area contributed by atoms with Crippen LogP contribution in [0.4, 0.5) is 5.69 Å². The molecule has 0 bridgehead atoms. The third-order valence-electron chi connectivity index (χ3n) is 3.89. The molecule has 1 unspecified atom stereocenters. The van der Waals surface area contributed by atoms with Gasteiger partial charge in [0.25, 0.3) is 5.91 Å². The second-order valence-electron chi connectivity index (χ2n) is 6.00. The maximum Gasteiger partial charge on any atom is 0.251 e. The monoisotopic (exact) mass is 296 g/mol. The molecule has 116 valence electrons. The topological polar surface area (TPSA) is 32.3 Å². The third kappa shape index (κ3) is 3.67. The molecule has 2 aromatic rings. The highest BCUT2D eigenvalue weighted by Gasteiger charge is 2.13. The summed E-state index contributed by atoms with van der Waals surface area (Å²) >= 11 is 0. The number of amides is 1. The molecule has 22 heavy (non-hydrogen) atoms. The van der Waals surface area contributed by atoms with Crippen molar-refractivity contribution >= 4 is 11.6 Å². The highest BCUT2D eigenvalue weighted by molar-refractivity contribution is 5.94. The Balaban J connectivity index is 2.12. The standard InChI is InChI=1S/C19H24N2O/c1-13-6-7-14(2)18(12-13)15(3)20-19(22)16-8-10-17(11-9-16)21(4)5/h6-12,15H,1-5H3,(H,20,22). The van der Waals surface area contributed by atoms with Crippen LogP contribution in [0.1, 0.15) is 40.0 Å². The second kappa shape index (κ2) is 6.65. The van der Waals surface area contributed by atoms with Crippen molar-refractivity contribution in [2.45, 2.75) is 26.8 Å². The lowest BCUT2D eigenvalue weighted by molar-refractivity contribution is 0.0940. The molecule has 2 aromatic carbocycles. The van der Waals surface area contributed by atoms with Gasteiger partial charge < -0.3 is 10.2 Å². The van der Waals surface area contributed by atoms with Gasteiger partial charge in [-0.2, -0.15) is 0 Å². The Bertz CT molecular complexity index is 660. The van der Waals surface area contributed by atoms with Crippen molar-refractivity contribution < 1.29 is 4.79 Å². The van der Waals surface area contributed by atoms with Gasteiger partial charge in [0.2, 0.25) is 0 Å². The van der Waals surface area contributed by atoms with Crippen molar-refractivity contribution in [1.82, 2.24) is 5.32 Å². The summed E-state index contributed by atoms with van der Waals surface area (Å²) in [6, 6.07) is 13.9. The molecule has 0 aliphatic carbocycles. The van der Waals surface area contributed by atoms with E-state index in [4.69, 9.17) is 0 Å². The summed E-state index contributed by atoms with van der Waals surface area (Å²) in [5.74, 6) is -0.0429. The molecule has 0 aromatic heterocycles.